The molecule has 0 unspecified atom stereocenters. The summed E-state index contributed by atoms with van der Waals surface area (Å²) in [4.78, 5) is 4.55. The maximum atomic E-state index is 5.50. The van der Waals surface area contributed by atoms with Gasteiger partial charge in [0.15, 0.2) is 5.13 Å². The third-order valence-corrected chi connectivity index (χ3v) is 3.87. The van der Waals surface area contributed by atoms with Crippen LogP contribution in [-0.4, -0.2) is 18.1 Å². The fourth-order valence-corrected chi connectivity index (χ4v) is 2.90. The highest BCUT2D eigenvalue weighted by molar-refractivity contribution is 7.22. The van der Waals surface area contributed by atoms with E-state index in [0.717, 1.165) is 39.8 Å². The van der Waals surface area contributed by atoms with Crippen molar-refractivity contribution in [3.63, 3.8) is 0 Å². The molecule has 0 spiro atoms. The van der Waals surface area contributed by atoms with E-state index in [1.54, 1.807) is 17.6 Å². The molecule has 1 aromatic carbocycles. The highest BCUT2D eigenvalue weighted by Gasteiger charge is 2.05. The Labute approximate surface area is 121 Å². The number of hydrogen-bond donors (Lipinski definition) is 1. The number of nitrogens with one attached hydrogen (secondary N) is 1. The SMILES string of the molecule is CCOc1ccc2nc(NCCc3ccco3)sc2c1. The number of hydrogen-bond acceptors (Lipinski definition) is 5. The highest BCUT2D eigenvalue weighted by atomic mass is 32.1. The molecule has 3 aromatic rings. The maximum absolute atomic E-state index is 5.50. The lowest BCUT2D eigenvalue weighted by atomic mass is 10.3. The van der Waals surface area contributed by atoms with Gasteiger partial charge in [0.25, 0.3) is 0 Å². The lowest BCUT2D eigenvalue weighted by Gasteiger charge is -2.00. The molecule has 0 atom stereocenters. The smallest absolute Gasteiger partial charge is 0.183 e. The Balaban J connectivity index is 1.66. The molecule has 0 bridgehead atoms. The van der Waals surface area contributed by atoms with Crippen molar-refractivity contribution in [2.75, 3.05) is 18.5 Å². The van der Waals surface area contributed by atoms with Crippen LogP contribution >= 0.6 is 11.3 Å². The molecule has 20 heavy (non-hydrogen) atoms. The normalized spacial score (nSPS) is 10.8. The zero-order chi connectivity index (χ0) is 13.8. The van der Waals surface area contributed by atoms with E-state index in [4.69, 9.17) is 9.15 Å². The summed E-state index contributed by atoms with van der Waals surface area (Å²) >= 11 is 1.64. The van der Waals surface area contributed by atoms with Crippen molar-refractivity contribution in [2.45, 2.75) is 13.3 Å². The van der Waals surface area contributed by atoms with Gasteiger partial charge in [0, 0.05) is 13.0 Å². The van der Waals surface area contributed by atoms with E-state index in [1.807, 2.05) is 37.3 Å². The quantitative estimate of drug-likeness (QED) is 0.746. The average molecular weight is 288 g/mol. The summed E-state index contributed by atoms with van der Waals surface area (Å²) in [5, 5.41) is 4.26. The predicted octanol–water partition coefficient (Wildman–Crippen LogP) is 3.94. The number of furan rings is 1. The van der Waals surface area contributed by atoms with Gasteiger partial charge < -0.3 is 14.5 Å². The highest BCUT2D eigenvalue weighted by Crippen LogP contribution is 2.29. The van der Waals surface area contributed by atoms with Crippen LogP contribution in [0.15, 0.2) is 41.0 Å². The Morgan fingerprint density at radius 3 is 3.10 bits per heavy atom. The van der Waals surface area contributed by atoms with Crippen LogP contribution in [0.5, 0.6) is 5.75 Å². The second kappa shape index (κ2) is 5.96. The summed E-state index contributed by atoms with van der Waals surface area (Å²) in [6.07, 6.45) is 2.55. The minimum absolute atomic E-state index is 0.679. The number of nitrogens with zero attached hydrogens (tertiary/aromatic N) is 1. The molecule has 2 aromatic heterocycles. The Morgan fingerprint density at radius 2 is 2.30 bits per heavy atom. The van der Waals surface area contributed by atoms with E-state index in [2.05, 4.69) is 10.3 Å². The van der Waals surface area contributed by atoms with Gasteiger partial charge in [0.05, 0.1) is 23.1 Å². The van der Waals surface area contributed by atoms with Crippen molar-refractivity contribution in [2.24, 2.45) is 0 Å². The fourth-order valence-electron chi connectivity index (χ4n) is 1.98. The third kappa shape index (κ3) is 2.93. The summed E-state index contributed by atoms with van der Waals surface area (Å²) in [5.74, 6) is 1.88. The first-order valence-corrected chi connectivity index (χ1v) is 7.46. The second-order valence-electron chi connectivity index (χ2n) is 4.34. The van der Waals surface area contributed by atoms with E-state index >= 15 is 0 Å². The molecule has 0 radical (unpaired) electrons. The standard InChI is InChI=1S/C15H16N2O2S/c1-2-18-12-5-6-13-14(10-12)20-15(17-13)16-8-7-11-4-3-9-19-11/h3-6,9-10H,2,7-8H2,1H3,(H,16,17). The zero-order valence-electron chi connectivity index (χ0n) is 11.3. The van der Waals surface area contributed by atoms with Gasteiger partial charge in [-0.15, -0.1) is 0 Å². The first-order chi connectivity index (χ1) is 9.85. The molecule has 4 nitrogen and oxygen atoms in total. The molecule has 0 saturated heterocycles. The molecule has 0 aliphatic carbocycles. The van der Waals surface area contributed by atoms with Crippen LogP contribution < -0.4 is 10.1 Å². The fraction of sp³-hybridized carbons (Fsp3) is 0.267. The molecule has 0 saturated carbocycles. The molecule has 0 aliphatic heterocycles. The lowest BCUT2D eigenvalue weighted by Crippen LogP contribution is -2.03. The molecule has 0 amide bonds. The van der Waals surface area contributed by atoms with Gasteiger partial charge in [-0.05, 0) is 37.3 Å². The topological polar surface area (TPSA) is 47.3 Å². The Kier molecular flexibility index (Phi) is 3.87. The van der Waals surface area contributed by atoms with Gasteiger partial charge in [-0.3, -0.25) is 0 Å². The third-order valence-electron chi connectivity index (χ3n) is 2.90. The zero-order valence-corrected chi connectivity index (χ0v) is 12.1. The summed E-state index contributed by atoms with van der Waals surface area (Å²) in [6.45, 7) is 3.47. The van der Waals surface area contributed by atoms with Crippen LogP contribution in [0.25, 0.3) is 10.2 Å². The molecule has 0 fully saturated rings. The van der Waals surface area contributed by atoms with Crippen LogP contribution in [0.4, 0.5) is 5.13 Å². The van der Waals surface area contributed by atoms with Gasteiger partial charge in [-0.2, -0.15) is 0 Å². The summed E-state index contributed by atoms with van der Waals surface area (Å²) < 4.78 is 11.9. The minimum Gasteiger partial charge on any atom is -0.494 e. The minimum atomic E-state index is 0.679. The number of ether oxygens (including phenoxy) is 1. The molecule has 104 valence electrons. The van der Waals surface area contributed by atoms with Gasteiger partial charge in [-0.25, -0.2) is 4.98 Å². The van der Waals surface area contributed by atoms with Crippen molar-refractivity contribution in [3.05, 3.63) is 42.4 Å². The molecule has 0 aliphatic rings. The second-order valence-corrected chi connectivity index (χ2v) is 5.37. The van der Waals surface area contributed by atoms with E-state index < -0.39 is 0 Å². The largest absolute Gasteiger partial charge is 0.494 e. The Bertz CT molecular complexity index is 676. The van der Waals surface area contributed by atoms with Gasteiger partial charge in [-0.1, -0.05) is 11.3 Å². The Morgan fingerprint density at radius 1 is 1.35 bits per heavy atom. The number of thiazole rings is 1. The van der Waals surface area contributed by atoms with Crippen LogP contribution in [0, 0.1) is 0 Å². The molecule has 3 rings (SSSR count). The van der Waals surface area contributed by atoms with Crippen LogP contribution in [0.2, 0.25) is 0 Å². The van der Waals surface area contributed by atoms with Gasteiger partial charge in [0.1, 0.15) is 11.5 Å². The van der Waals surface area contributed by atoms with Crippen LogP contribution in [0.3, 0.4) is 0 Å². The first-order valence-electron chi connectivity index (χ1n) is 6.65. The molecular weight excluding hydrogens is 272 g/mol. The maximum Gasteiger partial charge on any atom is 0.183 e. The monoisotopic (exact) mass is 288 g/mol. The number of benzene rings is 1. The summed E-state index contributed by atoms with van der Waals surface area (Å²) in [6, 6.07) is 9.87. The first kappa shape index (κ1) is 13.0. The predicted molar refractivity (Wildman–Crippen MR) is 81.7 cm³/mol. The van der Waals surface area contributed by atoms with Gasteiger partial charge >= 0.3 is 0 Å². The van der Waals surface area contributed by atoms with E-state index in [0.29, 0.717) is 6.61 Å². The molecule has 5 heteroatoms. The van der Waals surface area contributed by atoms with Crippen molar-refractivity contribution in [3.8, 4) is 5.75 Å². The van der Waals surface area contributed by atoms with Crippen LogP contribution in [0.1, 0.15) is 12.7 Å². The van der Waals surface area contributed by atoms with Gasteiger partial charge in [0.2, 0.25) is 0 Å². The van der Waals surface area contributed by atoms with E-state index in [1.165, 1.54) is 0 Å². The number of anilines is 1. The molecule has 2 heterocycles. The summed E-state index contributed by atoms with van der Waals surface area (Å²) in [5.41, 5.74) is 0.999. The number of fused-ring (bicyclic) bond motifs is 1. The Hall–Kier alpha value is -2.01. The average Bonchev–Trinajstić information content (AvgIpc) is 3.07. The van der Waals surface area contributed by atoms with Crippen molar-refractivity contribution >= 4 is 26.7 Å². The van der Waals surface area contributed by atoms with E-state index in [-0.39, 0.29) is 0 Å². The van der Waals surface area contributed by atoms with Crippen LogP contribution in [-0.2, 0) is 6.42 Å². The lowest BCUT2D eigenvalue weighted by molar-refractivity contribution is 0.341. The summed E-state index contributed by atoms with van der Waals surface area (Å²) in [7, 11) is 0. The van der Waals surface area contributed by atoms with E-state index in [9.17, 15) is 0 Å². The number of rotatable bonds is 6. The molecule has 1 N–H and O–H groups in total. The van der Waals surface area contributed by atoms with Crippen molar-refractivity contribution in [1.82, 2.24) is 4.98 Å². The van der Waals surface area contributed by atoms with Crippen molar-refractivity contribution in [1.29, 1.82) is 0 Å². The molecular formula is C15H16N2O2S. The van der Waals surface area contributed by atoms with Crippen molar-refractivity contribution < 1.29 is 9.15 Å². The number of aromatic nitrogens is 1.